The summed E-state index contributed by atoms with van der Waals surface area (Å²) in [5, 5.41) is 1.23. The predicted molar refractivity (Wildman–Crippen MR) is 142 cm³/mol. The van der Waals surface area contributed by atoms with Crippen LogP contribution in [-0.4, -0.2) is 16.7 Å². The van der Waals surface area contributed by atoms with Gasteiger partial charge in [0.05, 0.1) is 16.8 Å². The molecule has 1 aromatic heterocycles. The van der Waals surface area contributed by atoms with Crippen LogP contribution in [0.1, 0.15) is 37.9 Å². The number of hydrogen-bond acceptors (Lipinski definition) is 4. The SMILES string of the molecule is Cc1c(-c2cccc(Cl)c2)nc2ccccc2c1C(=O)OC(C(=O)c1ccccc1)c1ccccc1. The number of aromatic nitrogens is 1. The van der Waals surface area contributed by atoms with Gasteiger partial charge in [-0.3, -0.25) is 4.79 Å². The largest absolute Gasteiger partial charge is 0.445 e. The van der Waals surface area contributed by atoms with Crippen molar-refractivity contribution < 1.29 is 14.3 Å². The molecule has 0 bridgehead atoms. The van der Waals surface area contributed by atoms with E-state index >= 15 is 0 Å². The second-order valence-electron chi connectivity index (χ2n) is 8.41. The van der Waals surface area contributed by atoms with Gasteiger partial charge in [0.2, 0.25) is 5.78 Å². The topological polar surface area (TPSA) is 56.3 Å². The zero-order valence-corrected chi connectivity index (χ0v) is 20.3. The van der Waals surface area contributed by atoms with Crippen molar-refractivity contribution in [1.82, 2.24) is 4.98 Å². The summed E-state index contributed by atoms with van der Waals surface area (Å²) in [7, 11) is 0. The normalized spacial score (nSPS) is 11.7. The molecule has 0 saturated carbocycles. The molecule has 0 fully saturated rings. The van der Waals surface area contributed by atoms with E-state index < -0.39 is 12.1 Å². The van der Waals surface area contributed by atoms with Crippen LogP contribution in [0.5, 0.6) is 0 Å². The second-order valence-corrected chi connectivity index (χ2v) is 8.85. The summed E-state index contributed by atoms with van der Waals surface area (Å²) in [6.45, 7) is 1.84. The number of nitrogens with zero attached hydrogens (tertiary/aromatic N) is 1. The molecular weight excluding hydrogens is 470 g/mol. The molecule has 1 heterocycles. The Hall–Kier alpha value is -4.28. The average Bonchev–Trinajstić information content (AvgIpc) is 2.92. The van der Waals surface area contributed by atoms with Gasteiger partial charge in [0, 0.05) is 27.1 Å². The first-order chi connectivity index (χ1) is 17.5. The van der Waals surface area contributed by atoms with E-state index in [0.29, 0.717) is 43.9 Å². The third-order valence-electron chi connectivity index (χ3n) is 6.06. The molecule has 4 aromatic carbocycles. The number of pyridine rings is 1. The zero-order valence-electron chi connectivity index (χ0n) is 19.5. The van der Waals surface area contributed by atoms with E-state index in [0.717, 1.165) is 5.56 Å². The molecule has 36 heavy (non-hydrogen) atoms. The molecule has 5 aromatic rings. The Bertz CT molecular complexity index is 1570. The lowest BCUT2D eigenvalue weighted by molar-refractivity contribution is 0.0281. The average molecular weight is 492 g/mol. The number of rotatable bonds is 6. The number of carbonyl (C=O) groups is 2. The lowest BCUT2D eigenvalue weighted by Gasteiger charge is -2.20. The van der Waals surface area contributed by atoms with E-state index in [4.69, 9.17) is 21.3 Å². The van der Waals surface area contributed by atoms with Crippen molar-refractivity contribution in [2.45, 2.75) is 13.0 Å². The summed E-state index contributed by atoms with van der Waals surface area (Å²) in [5.74, 6) is -0.881. The first-order valence-corrected chi connectivity index (χ1v) is 11.9. The van der Waals surface area contributed by atoms with Crippen molar-refractivity contribution >= 4 is 34.3 Å². The van der Waals surface area contributed by atoms with Crippen molar-refractivity contribution in [3.05, 3.63) is 136 Å². The molecule has 5 heteroatoms. The van der Waals surface area contributed by atoms with Crippen molar-refractivity contribution in [1.29, 1.82) is 0 Å². The minimum atomic E-state index is -1.10. The van der Waals surface area contributed by atoms with Gasteiger partial charge >= 0.3 is 5.97 Å². The van der Waals surface area contributed by atoms with E-state index in [-0.39, 0.29) is 5.78 Å². The van der Waals surface area contributed by atoms with E-state index in [1.54, 1.807) is 42.5 Å². The van der Waals surface area contributed by atoms with E-state index in [1.807, 2.05) is 73.7 Å². The van der Waals surface area contributed by atoms with Crippen molar-refractivity contribution in [2.24, 2.45) is 0 Å². The number of Topliss-reactive ketones (excluding diaryl/α,β-unsaturated/α-hetero) is 1. The van der Waals surface area contributed by atoms with E-state index in [2.05, 4.69) is 0 Å². The molecule has 0 radical (unpaired) electrons. The number of carbonyl (C=O) groups excluding carboxylic acids is 2. The van der Waals surface area contributed by atoms with Crippen LogP contribution in [0.2, 0.25) is 5.02 Å². The minimum Gasteiger partial charge on any atom is -0.445 e. The fourth-order valence-electron chi connectivity index (χ4n) is 4.31. The fraction of sp³-hybridized carbons (Fsp3) is 0.0645. The quantitative estimate of drug-likeness (QED) is 0.181. The third kappa shape index (κ3) is 4.64. The van der Waals surface area contributed by atoms with Crippen LogP contribution in [0.3, 0.4) is 0 Å². The van der Waals surface area contributed by atoms with Crippen LogP contribution in [0, 0.1) is 6.92 Å². The summed E-state index contributed by atoms with van der Waals surface area (Å²) in [4.78, 5) is 32.1. The zero-order chi connectivity index (χ0) is 25.1. The van der Waals surface area contributed by atoms with Crippen LogP contribution in [0.25, 0.3) is 22.2 Å². The van der Waals surface area contributed by atoms with Crippen LogP contribution >= 0.6 is 11.6 Å². The molecule has 0 spiro atoms. The lowest BCUT2D eigenvalue weighted by Crippen LogP contribution is -2.21. The summed E-state index contributed by atoms with van der Waals surface area (Å²) >= 11 is 6.24. The Morgan fingerprint density at radius 1 is 0.806 bits per heavy atom. The third-order valence-corrected chi connectivity index (χ3v) is 6.30. The van der Waals surface area contributed by atoms with Gasteiger partial charge in [-0.2, -0.15) is 0 Å². The Morgan fingerprint density at radius 3 is 2.19 bits per heavy atom. The highest BCUT2D eigenvalue weighted by atomic mass is 35.5. The first-order valence-electron chi connectivity index (χ1n) is 11.5. The van der Waals surface area contributed by atoms with Gasteiger partial charge in [-0.25, -0.2) is 9.78 Å². The molecule has 0 amide bonds. The maximum atomic E-state index is 13.8. The van der Waals surface area contributed by atoms with E-state index in [9.17, 15) is 9.59 Å². The minimum absolute atomic E-state index is 0.291. The second kappa shape index (κ2) is 10.1. The Balaban J connectivity index is 1.62. The number of esters is 1. The van der Waals surface area contributed by atoms with Crippen LogP contribution < -0.4 is 0 Å². The van der Waals surface area contributed by atoms with Gasteiger partial charge in [-0.05, 0) is 30.7 Å². The Morgan fingerprint density at radius 2 is 1.47 bits per heavy atom. The molecule has 0 aliphatic rings. The number of benzene rings is 4. The monoisotopic (exact) mass is 491 g/mol. The van der Waals surface area contributed by atoms with Gasteiger partial charge in [-0.1, -0.05) is 103 Å². The number of ether oxygens (including phenoxy) is 1. The number of para-hydroxylation sites is 1. The van der Waals surface area contributed by atoms with Gasteiger partial charge in [-0.15, -0.1) is 0 Å². The van der Waals surface area contributed by atoms with Gasteiger partial charge in [0.25, 0.3) is 0 Å². The molecule has 0 saturated heterocycles. The number of ketones is 1. The number of hydrogen-bond donors (Lipinski definition) is 0. The molecule has 5 rings (SSSR count). The van der Waals surface area contributed by atoms with Gasteiger partial charge < -0.3 is 4.74 Å². The van der Waals surface area contributed by atoms with Crippen molar-refractivity contribution in [3.63, 3.8) is 0 Å². The Kier molecular flexibility index (Phi) is 6.61. The van der Waals surface area contributed by atoms with Crippen LogP contribution in [0.4, 0.5) is 0 Å². The number of halogens is 1. The van der Waals surface area contributed by atoms with Gasteiger partial charge in [0.15, 0.2) is 6.10 Å². The van der Waals surface area contributed by atoms with Gasteiger partial charge in [0.1, 0.15) is 0 Å². The van der Waals surface area contributed by atoms with Crippen LogP contribution in [-0.2, 0) is 4.74 Å². The lowest BCUT2D eigenvalue weighted by atomic mass is 9.97. The molecule has 1 unspecified atom stereocenters. The highest BCUT2D eigenvalue weighted by molar-refractivity contribution is 6.30. The van der Waals surface area contributed by atoms with E-state index in [1.165, 1.54) is 0 Å². The molecule has 176 valence electrons. The smallest absolute Gasteiger partial charge is 0.340 e. The van der Waals surface area contributed by atoms with Crippen molar-refractivity contribution in [3.8, 4) is 11.3 Å². The first kappa shape index (κ1) is 23.5. The highest BCUT2D eigenvalue weighted by Crippen LogP contribution is 2.33. The summed E-state index contributed by atoms with van der Waals surface area (Å²) in [6, 6.07) is 32.7. The molecule has 0 aliphatic heterocycles. The maximum Gasteiger partial charge on any atom is 0.340 e. The summed E-state index contributed by atoms with van der Waals surface area (Å²) < 4.78 is 6.00. The number of fused-ring (bicyclic) bond motifs is 1. The standard InChI is InChI=1S/C31H22ClNO3/c1-20-27(25-17-8-9-18-26(25)33-28(20)23-15-10-16-24(32)19-23)31(35)36-30(22-13-6-3-7-14-22)29(34)21-11-4-2-5-12-21/h2-19,30H,1H3. The predicted octanol–water partition coefficient (Wildman–Crippen LogP) is 7.64. The molecule has 1 atom stereocenters. The molecule has 0 aliphatic carbocycles. The summed E-state index contributed by atoms with van der Waals surface area (Å²) in [6.07, 6.45) is -1.10. The fourth-order valence-corrected chi connectivity index (χ4v) is 4.50. The molecule has 0 N–H and O–H groups in total. The molecular formula is C31H22ClNO3. The Labute approximate surface area is 214 Å². The van der Waals surface area contributed by atoms with Crippen molar-refractivity contribution in [2.75, 3.05) is 0 Å². The van der Waals surface area contributed by atoms with Crippen LogP contribution in [0.15, 0.2) is 109 Å². The summed E-state index contributed by atoms with van der Waals surface area (Å²) in [5.41, 5.74) is 4.17. The highest BCUT2D eigenvalue weighted by Gasteiger charge is 2.29. The molecule has 4 nitrogen and oxygen atoms in total. The maximum absolute atomic E-state index is 13.8.